The number of benzene rings is 2. The lowest BCUT2D eigenvalue weighted by Crippen LogP contribution is -2.39. The van der Waals surface area contributed by atoms with Gasteiger partial charge in [0.2, 0.25) is 0 Å². The van der Waals surface area contributed by atoms with Crippen molar-refractivity contribution in [2.45, 2.75) is 19.4 Å². The van der Waals surface area contributed by atoms with Crippen LogP contribution in [-0.2, 0) is 11.3 Å². The molecule has 0 saturated carbocycles. The molecule has 27 heavy (non-hydrogen) atoms. The first-order valence-electron chi connectivity index (χ1n) is 9.53. The number of carbonyl (C=O) groups excluding carboxylic acids is 1. The lowest BCUT2D eigenvalue weighted by molar-refractivity contribution is -0.123. The predicted molar refractivity (Wildman–Crippen MR) is 106 cm³/mol. The maximum atomic E-state index is 12.0. The molecule has 144 valence electrons. The summed E-state index contributed by atoms with van der Waals surface area (Å²) in [6, 6.07) is 17.8. The van der Waals surface area contributed by atoms with E-state index >= 15 is 0 Å². The molecule has 0 radical (unpaired) electrons. The van der Waals surface area contributed by atoms with Crippen LogP contribution < -0.4 is 14.8 Å². The number of hydrogen-bond donors (Lipinski definition) is 1. The summed E-state index contributed by atoms with van der Waals surface area (Å²) in [6.45, 7) is 3.94. The van der Waals surface area contributed by atoms with Gasteiger partial charge in [-0.15, -0.1) is 0 Å². The normalized spacial score (nSPS) is 15.3. The zero-order valence-electron chi connectivity index (χ0n) is 15.9. The number of amides is 1. The number of likely N-dealkylation sites (tertiary alicyclic amines) is 1. The fourth-order valence-corrected chi connectivity index (χ4v) is 3.32. The molecule has 1 aliphatic heterocycles. The molecule has 1 fully saturated rings. The Morgan fingerprint density at radius 1 is 1.04 bits per heavy atom. The van der Waals surface area contributed by atoms with Gasteiger partial charge in [0.15, 0.2) is 6.61 Å². The van der Waals surface area contributed by atoms with E-state index in [0.717, 1.165) is 44.8 Å². The van der Waals surface area contributed by atoms with Crippen molar-refractivity contribution in [3.8, 4) is 11.5 Å². The molecule has 0 atom stereocenters. The van der Waals surface area contributed by atoms with Crippen molar-refractivity contribution in [3.05, 3.63) is 60.2 Å². The Kier molecular flexibility index (Phi) is 7.11. The maximum Gasteiger partial charge on any atom is 0.257 e. The Bertz CT molecular complexity index is 695. The Balaban J connectivity index is 1.31. The van der Waals surface area contributed by atoms with Gasteiger partial charge in [0.05, 0.1) is 7.11 Å². The molecule has 0 aromatic heterocycles. The average Bonchev–Trinajstić information content (AvgIpc) is 2.73. The van der Waals surface area contributed by atoms with Gasteiger partial charge >= 0.3 is 0 Å². The number of nitrogens with zero attached hydrogens (tertiary/aromatic N) is 1. The number of methoxy groups -OCH3 is 1. The van der Waals surface area contributed by atoms with Crippen LogP contribution in [0.4, 0.5) is 0 Å². The lowest BCUT2D eigenvalue weighted by Gasteiger charge is -2.32. The first-order valence-corrected chi connectivity index (χ1v) is 9.53. The van der Waals surface area contributed by atoms with Crippen molar-refractivity contribution >= 4 is 5.91 Å². The van der Waals surface area contributed by atoms with Crippen LogP contribution in [0.2, 0.25) is 0 Å². The quantitative estimate of drug-likeness (QED) is 0.778. The second-order valence-electron chi connectivity index (χ2n) is 6.97. The summed E-state index contributed by atoms with van der Waals surface area (Å²) in [5.41, 5.74) is 1.36. The van der Waals surface area contributed by atoms with Crippen LogP contribution >= 0.6 is 0 Å². The van der Waals surface area contributed by atoms with Crippen LogP contribution in [-0.4, -0.2) is 44.2 Å². The molecular weight excluding hydrogens is 340 g/mol. The Labute approximate surface area is 161 Å². The molecule has 5 nitrogen and oxygen atoms in total. The van der Waals surface area contributed by atoms with E-state index in [2.05, 4.69) is 40.5 Å². The van der Waals surface area contributed by atoms with E-state index in [-0.39, 0.29) is 12.5 Å². The van der Waals surface area contributed by atoms with E-state index in [9.17, 15) is 4.79 Å². The summed E-state index contributed by atoms with van der Waals surface area (Å²) in [4.78, 5) is 14.5. The van der Waals surface area contributed by atoms with Crippen LogP contribution in [0, 0.1) is 5.92 Å². The first kappa shape index (κ1) is 19.2. The largest absolute Gasteiger partial charge is 0.497 e. The molecule has 1 amide bonds. The molecule has 1 aliphatic rings. The van der Waals surface area contributed by atoms with Gasteiger partial charge in [-0.25, -0.2) is 0 Å². The van der Waals surface area contributed by atoms with Gasteiger partial charge in [-0.2, -0.15) is 0 Å². The molecule has 0 spiro atoms. The summed E-state index contributed by atoms with van der Waals surface area (Å²) in [7, 11) is 1.62. The van der Waals surface area contributed by atoms with Crippen LogP contribution in [0.5, 0.6) is 11.5 Å². The van der Waals surface area contributed by atoms with Gasteiger partial charge in [0, 0.05) is 13.1 Å². The highest BCUT2D eigenvalue weighted by Crippen LogP contribution is 2.19. The Morgan fingerprint density at radius 2 is 1.70 bits per heavy atom. The predicted octanol–water partition coefficient (Wildman–Crippen LogP) is 3.10. The minimum atomic E-state index is -0.0717. The van der Waals surface area contributed by atoms with E-state index in [1.807, 2.05) is 12.1 Å². The van der Waals surface area contributed by atoms with Gasteiger partial charge in [-0.05, 0) is 61.7 Å². The number of ether oxygens (including phenoxy) is 2. The minimum Gasteiger partial charge on any atom is -0.497 e. The highest BCUT2D eigenvalue weighted by atomic mass is 16.5. The molecule has 2 aromatic carbocycles. The molecule has 1 saturated heterocycles. The molecule has 1 heterocycles. The van der Waals surface area contributed by atoms with Crippen molar-refractivity contribution in [3.63, 3.8) is 0 Å². The molecule has 0 aliphatic carbocycles. The Hall–Kier alpha value is -2.53. The average molecular weight is 368 g/mol. The van der Waals surface area contributed by atoms with Gasteiger partial charge in [-0.3, -0.25) is 9.69 Å². The Morgan fingerprint density at radius 3 is 2.37 bits per heavy atom. The van der Waals surface area contributed by atoms with E-state index < -0.39 is 0 Å². The molecular formula is C22H28N2O3. The fraction of sp³-hybridized carbons (Fsp3) is 0.409. The minimum absolute atomic E-state index is 0.0409. The number of carbonyl (C=O) groups is 1. The zero-order valence-corrected chi connectivity index (χ0v) is 15.9. The van der Waals surface area contributed by atoms with E-state index in [1.54, 1.807) is 19.2 Å². The third-order valence-corrected chi connectivity index (χ3v) is 4.97. The highest BCUT2D eigenvalue weighted by Gasteiger charge is 2.19. The maximum absolute atomic E-state index is 12.0. The van der Waals surface area contributed by atoms with E-state index in [0.29, 0.717) is 11.7 Å². The van der Waals surface area contributed by atoms with E-state index in [1.165, 1.54) is 5.56 Å². The second-order valence-corrected chi connectivity index (χ2v) is 6.97. The summed E-state index contributed by atoms with van der Waals surface area (Å²) in [5.74, 6) is 1.91. The van der Waals surface area contributed by atoms with Crippen molar-refractivity contribution < 1.29 is 14.3 Å². The SMILES string of the molecule is COc1ccc(OCC(=O)NCC2CCN(Cc3ccccc3)CC2)cc1. The number of nitrogens with one attached hydrogen (secondary N) is 1. The van der Waals surface area contributed by atoms with Crippen LogP contribution in [0.3, 0.4) is 0 Å². The molecule has 3 rings (SSSR count). The zero-order chi connectivity index (χ0) is 18.9. The van der Waals surface area contributed by atoms with Crippen LogP contribution in [0.1, 0.15) is 18.4 Å². The van der Waals surface area contributed by atoms with Gasteiger partial charge < -0.3 is 14.8 Å². The van der Waals surface area contributed by atoms with Crippen molar-refractivity contribution in [2.75, 3.05) is 33.4 Å². The molecule has 0 bridgehead atoms. The van der Waals surface area contributed by atoms with Gasteiger partial charge in [0.25, 0.3) is 5.91 Å². The topological polar surface area (TPSA) is 50.8 Å². The van der Waals surface area contributed by atoms with Crippen molar-refractivity contribution in [1.82, 2.24) is 10.2 Å². The fourth-order valence-electron chi connectivity index (χ4n) is 3.32. The third-order valence-electron chi connectivity index (χ3n) is 4.97. The number of hydrogen-bond acceptors (Lipinski definition) is 4. The van der Waals surface area contributed by atoms with Crippen molar-refractivity contribution in [2.24, 2.45) is 5.92 Å². The smallest absolute Gasteiger partial charge is 0.257 e. The van der Waals surface area contributed by atoms with E-state index in [4.69, 9.17) is 9.47 Å². The molecule has 5 heteroatoms. The third kappa shape index (κ3) is 6.29. The summed E-state index contributed by atoms with van der Waals surface area (Å²) in [6.07, 6.45) is 2.24. The molecule has 1 N–H and O–H groups in total. The van der Waals surface area contributed by atoms with Crippen LogP contribution in [0.15, 0.2) is 54.6 Å². The van der Waals surface area contributed by atoms with Gasteiger partial charge in [0.1, 0.15) is 11.5 Å². The summed E-state index contributed by atoms with van der Waals surface area (Å²) >= 11 is 0. The number of rotatable bonds is 8. The molecule has 2 aromatic rings. The van der Waals surface area contributed by atoms with Crippen LogP contribution in [0.25, 0.3) is 0 Å². The first-order chi connectivity index (χ1) is 13.2. The molecule has 0 unspecified atom stereocenters. The highest BCUT2D eigenvalue weighted by molar-refractivity contribution is 5.77. The summed E-state index contributed by atoms with van der Waals surface area (Å²) in [5, 5.41) is 3.00. The summed E-state index contributed by atoms with van der Waals surface area (Å²) < 4.78 is 10.6. The number of piperidine rings is 1. The monoisotopic (exact) mass is 368 g/mol. The second kappa shape index (κ2) is 9.97. The van der Waals surface area contributed by atoms with Gasteiger partial charge in [-0.1, -0.05) is 30.3 Å². The standard InChI is InChI=1S/C22H28N2O3/c1-26-20-7-9-21(10-8-20)27-17-22(25)23-15-18-11-13-24(14-12-18)16-19-5-3-2-4-6-19/h2-10,18H,11-17H2,1H3,(H,23,25). The lowest BCUT2D eigenvalue weighted by atomic mass is 9.96. The van der Waals surface area contributed by atoms with Crippen molar-refractivity contribution in [1.29, 1.82) is 0 Å².